The highest BCUT2D eigenvalue weighted by molar-refractivity contribution is 5.85. The van der Waals surface area contributed by atoms with Crippen LogP contribution in [0.5, 0.6) is 0 Å². The Labute approximate surface area is 263 Å². The van der Waals surface area contributed by atoms with Crippen molar-refractivity contribution in [1.82, 2.24) is 0 Å². The van der Waals surface area contributed by atoms with Crippen molar-refractivity contribution in [3.63, 3.8) is 0 Å². The van der Waals surface area contributed by atoms with Gasteiger partial charge >= 0.3 is 5.97 Å². The summed E-state index contributed by atoms with van der Waals surface area (Å²) >= 11 is 0. The second-order valence-corrected chi connectivity index (χ2v) is 11.7. The van der Waals surface area contributed by atoms with E-state index in [0.29, 0.717) is 18.4 Å². The van der Waals surface area contributed by atoms with Crippen molar-refractivity contribution in [2.45, 2.75) is 120 Å². The van der Waals surface area contributed by atoms with Gasteiger partial charge in [0.15, 0.2) is 12.6 Å². The summed E-state index contributed by atoms with van der Waals surface area (Å²) < 4.78 is 22.3. The Morgan fingerprint density at radius 2 is 1.40 bits per heavy atom. The molecule has 2 heterocycles. The Kier molecular flexibility index (Phi) is 15.9. The molecule has 11 atom stereocenters. The number of allylic oxidation sites excluding steroid dienone is 5. The van der Waals surface area contributed by atoms with Crippen LogP contribution in [0.15, 0.2) is 47.6 Å². The highest BCUT2D eigenvalue weighted by Gasteiger charge is 2.51. The van der Waals surface area contributed by atoms with E-state index in [0.717, 1.165) is 24.0 Å². The number of carbonyl (C=O) groups is 1. The van der Waals surface area contributed by atoms with E-state index >= 15 is 0 Å². The Morgan fingerprint density at radius 3 is 1.98 bits per heavy atom. The van der Waals surface area contributed by atoms with Gasteiger partial charge in [0.25, 0.3) is 0 Å². The number of carboxylic acid groups (broad SMARTS) is 1. The summed E-state index contributed by atoms with van der Waals surface area (Å²) in [4.78, 5) is 10.9. The SMILES string of the molecule is C=C[C@@](O)(CC/C=C(\C)CC/C=C(\C)C/C=C(\C)C(=O)O)CO[C@@H]1O[C@H](CO)[C@@H](O)[C@H](O)[C@H]1O[C@@H]1O[C@H](CO)[C@@H](O)[C@H](O)[C@H]1O. The Bertz CT molecular complexity index is 1040. The van der Waals surface area contributed by atoms with Crippen LogP contribution in [0.1, 0.15) is 52.9 Å². The first-order valence-electron chi connectivity index (χ1n) is 14.9. The highest BCUT2D eigenvalue weighted by atomic mass is 16.8. The van der Waals surface area contributed by atoms with E-state index in [1.54, 1.807) is 13.0 Å². The molecule has 2 aliphatic heterocycles. The van der Waals surface area contributed by atoms with Crippen molar-refractivity contribution in [2.75, 3.05) is 19.8 Å². The summed E-state index contributed by atoms with van der Waals surface area (Å²) in [5, 5.41) is 90.9. The lowest BCUT2D eigenvalue weighted by Crippen LogP contribution is -2.64. The van der Waals surface area contributed by atoms with E-state index < -0.39 is 92.8 Å². The highest BCUT2D eigenvalue weighted by Crippen LogP contribution is 2.30. The van der Waals surface area contributed by atoms with Crippen LogP contribution >= 0.6 is 0 Å². The van der Waals surface area contributed by atoms with Crippen molar-refractivity contribution in [3.8, 4) is 0 Å². The van der Waals surface area contributed by atoms with E-state index in [2.05, 4.69) is 12.7 Å². The van der Waals surface area contributed by atoms with Gasteiger partial charge in [0.05, 0.1) is 19.8 Å². The molecule has 0 aromatic carbocycles. The van der Waals surface area contributed by atoms with Crippen molar-refractivity contribution in [1.29, 1.82) is 0 Å². The van der Waals surface area contributed by atoms with Gasteiger partial charge < -0.3 is 64.9 Å². The first-order chi connectivity index (χ1) is 21.2. The van der Waals surface area contributed by atoms with Gasteiger partial charge in [-0.05, 0) is 52.9 Å². The fourth-order valence-corrected chi connectivity index (χ4v) is 4.83. The van der Waals surface area contributed by atoms with Crippen molar-refractivity contribution in [3.05, 3.63) is 47.6 Å². The molecule has 258 valence electrons. The van der Waals surface area contributed by atoms with Gasteiger partial charge in [0, 0.05) is 5.57 Å². The molecule has 0 saturated carbocycles. The molecule has 0 radical (unpaired) electrons. The standard InChI is InChI=1S/C31H50O14/c1-5-31(41,13-7-10-17(2)8-6-9-18(3)11-12-19(4)28(39)40)16-42-30-27(25(37)23(35)21(15-33)44-30)45-29-26(38)24(36)22(34)20(14-32)43-29/h5,9-10,12,20-27,29-30,32-38,41H,1,6-8,11,13-16H2,2-4H3,(H,39,40)/b17-10+,18-9+,19-12+/t20-,21-,22-,23-,24+,25+,26-,27-,29+,30-,31-/m1/s1. The predicted octanol–water partition coefficient (Wildman–Crippen LogP) is -0.582. The number of rotatable bonds is 17. The van der Waals surface area contributed by atoms with Crippen LogP contribution < -0.4 is 0 Å². The number of hydrogen-bond donors (Lipinski definition) is 9. The summed E-state index contributed by atoms with van der Waals surface area (Å²) in [5.41, 5.74) is 0.872. The lowest BCUT2D eigenvalue weighted by atomic mass is 9.96. The first-order valence-corrected chi connectivity index (χ1v) is 14.9. The van der Waals surface area contributed by atoms with Gasteiger partial charge in [0.1, 0.15) is 54.4 Å². The molecule has 14 nitrogen and oxygen atoms in total. The van der Waals surface area contributed by atoms with E-state index in [-0.39, 0.29) is 6.42 Å². The van der Waals surface area contributed by atoms with Gasteiger partial charge in [-0.15, -0.1) is 6.58 Å². The van der Waals surface area contributed by atoms with Gasteiger partial charge in [-0.1, -0.05) is 35.5 Å². The van der Waals surface area contributed by atoms with Gasteiger partial charge in [0.2, 0.25) is 0 Å². The molecule has 0 aromatic heterocycles. The molecule has 2 fully saturated rings. The lowest BCUT2D eigenvalue weighted by Gasteiger charge is -2.46. The number of ether oxygens (including phenoxy) is 4. The maximum atomic E-state index is 11.1. The Balaban J connectivity index is 2.02. The first kappa shape index (κ1) is 39.1. The molecule has 0 unspecified atom stereocenters. The number of aliphatic hydroxyl groups excluding tert-OH is 7. The smallest absolute Gasteiger partial charge is 0.330 e. The number of aliphatic carboxylic acids is 1. The monoisotopic (exact) mass is 646 g/mol. The van der Waals surface area contributed by atoms with Crippen LogP contribution in [-0.2, 0) is 23.7 Å². The van der Waals surface area contributed by atoms with Crippen LogP contribution in [0.3, 0.4) is 0 Å². The van der Waals surface area contributed by atoms with Crippen LogP contribution in [0.25, 0.3) is 0 Å². The largest absolute Gasteiger partial charge is 0.478 e. The second kappa shape index (κ2) is 18.3. The molecule has 0 bridgehead atoms. The maximum Gasteiger partial charge on any atom is 0.330 e. The second-order valence-electron chi connectivity index (χ2n) is 11.7. The number of hydrogen-bond acceptors (Lipinski definition) is 13. The number of carboxylic acids is 1. The zero-order valence-electron chi connectivity index (χ0n) is 26.0. The van der Waals surface area contributed by atoms with Crippen molar-refractivity contribution in [2.24, 2.45) is 0 Å². The minimum atomic E-state index is -1.80. The van der Waals surface area contributed by atoms with E-state index in [1.807, 2.05) is 19.9 Å². The van der Waals surface area contributed by atoms with E-state index in [1.165, 1.54) is 6.08 Å². The van der Waals surface area contributed by atoms with Gasteiger partial charge in [-0.3, -0.25) is 0 Å². The quantitative estimate of drug-likeness (QED) is 0.0710. The van der Waals surface area contributed by atoms with Crippen LogP contribution in [0.4, 0.5) is 0 Å². The Hall–Kier alpha value is -2.05. The van der Waals surface area contributed by atoms with E-state index in [4.69, 9.17) is 24.1 Å². The van der Waals surface area contributed by atoms with Crippen molar-refractivity contribution >= 4 is 5.97 Å². The molecule has 2 aliphatic rings. The van der Waals surface area contributed by atoms with Crippen LogP contribution in [0, 0.1) is 0 Å². The summed E-state index contributed by atoms with van der Waals surface area (Å²) in [5.74, 6) is -0.940. The average molecular weight is 647 g/mol. The molecule has 0 spiro atoms. The van der Waals surface area contributed by atoms with Gasteiger partial charge in [-0.2, -0.15) is 0 Å². The summed E-state index contributed by atoms with van der Waals surface area (Å²) in [6.45, 7) is 7.34. The van der Waals surface area contributed by atoms with Gasteiger partial charge in [-0.25, -0.2) is 4.79 Å². The minimum absolute atomic E-state index is 0.196. The summed E-state index contributed by atoms with van der Waals surface area (Å²) in [6, 6.07) is 0. The molecule has 2 rings (SSSR count). The molecule has 0 aliphatic carbocycles. The molecular weight excluding hydrogens is 596 g/mol. The fraction of sp³-hybridized carbons (Fsp3) is 0.710. The summed E-state index contributed by atoms with van der Waals surface area (Å²) in [6.07, 6.45) is -6.17. The zero-order valence-corrected chi connectivity index (χ0v) is 26.0. The molecule has 9 N–H and O–H groups in total. The third-order valence-electron chi connectivity index (χ3n) is 8.01. The fourth-order valence-electron chi connectivity index (χ4n) is 4.83. The van der Waals surface area contributed by atoms with Crippen molar-refractivity contribution < 1.29 is 69.7 Å². The normalized spacial score (nSPS) is 34.8. The predicted molar refractivity (Wildman–Crippen MR) is 159 cm³/mol. The molecular formula is C31H50O14. The van der Waals surface area contributed by atoms with Crippen LogP contribution in [0.2, 0.25) is 0 Å². The molecule has 0 amide bonds. The third-order valence-corrected chi connectivity index (χ3v) is 8.01. The van der Waals surface area contributed by atoms with Crippen LogP contribution in [-0.4, -0.2) is 139 Å². The number of aliphatic hydroxyl groups is 8. The third kappa shape index (κ3) is 11.3. The molecule has 2 saturated heterocycles. The average Bonchev–Trinajstić information content (AvgIpc) is 3.01. The lowest BCUT2D eigenvalue weighted by molar-refractivity contribution is -0.369. The Morgan fingerprint density at radius 1 is 0.822 bits per heavy atom. The maximum absolute atomic E-state index is 11.1. The van der Waals surface area contributed by atoms with E-state index in [9.17, 15) is 45.6 Å². The molecule has 45 heavy (non-hydrogen) atoms. The molecule has 0 aromatic rings. The zero-order chi connectivity index (χ0) is 33.9. The molecule has 14 heteroatoms. The topological polar surface area (TPSA) is 236 Å². The minimum Gasteiger partial charge on any atom is -0.478 e. The summed E-state index contributed by atoms with van der Waals surface area (Å²) in [7, 11) is 0.